The highest BCUT2D eigenvalue weighted by Gasteiger charge is 2.56. The molecule has 1 saturated carbocycles. The number of carboxylic acids is 1. The van der Waals surface area contributed by atoms with Gasteiger partial charge in [0.25, 0.3) is 0 Å². The molecule has 1 aliphatic rings. The molecule has 0 aromatic rings. The standard InChI is InChI=1S/C17H28O2/c1-12(2)11-14-16(17(14,4)5)13(3)9-7-6-8-10-15(18)19/h9,11,14,16H,6-8,10H2,1-5H3,(H,18,19). The molecular formula is C17H28O2. The van der Waals surface area contributed by atoms with Crippen LogP contribution >= 0.6 is 0 Å². The lowest BCUT2D eigenvalue weighted by atomic mass is 10.0. The number of carbonyl (C=O) groups is 1. The van der Waals surface area contributed by atoms with Gasteiger partial charge >= 0.3 is 5.97 Å². The molecule has 108 valence electrons. The number of allylic oxidation sites excluding steroid dienone is 4. The number of hydrogen-bond acceptors (Lipinski definition) is 1. The molecule has 0 saturated heterocycles. The van der Waals surface area contributed by atoms with Crippen molar-refractivity contribution in [2.24, 2.45) is 17.3 Å². The van der Waals surface area contributed by atoms with Crippen LogP contribution in [0.3, 0.4) is 0 Å². The zero-order valence-electron chi connectivity index (χ0n) is 13.0. The lowest BCUT2D eigenvalue weighted by Gasteiger charge is -2.03. The second-order valence-electron chi connectivity index (χ2n) is 6.66. The highest BCUT2D eigenvalue weighted by Crippen LogP contribution is 2.62. The van der Waals surface area contributed by atoms with Crippen LogP contribution in [0.2, 0.25) is 0 Å². The lowest BCUT2D eigenvalue weighted by Crippen LogP contribution is -1.94. The van der Waals surface area contributed by atoms with Gasteiger partial charge in [0.1, 0.15) is 0 Å². The van der Waals surface area contributed by atoms with Crippen LogP contribution in [0.4, 0.5) is 0 Å². The predicted molar refractivity (Wildman–Crippen MR) is 80.1 cm³/mol. The third-order valence-corrected chi connectivity index (χ3v) is 4.23. The summed E-state index contributed by atoms with van der Waals surface area (Å²) in [4.78, 5) is 10.4. The first kappa shape index (κ1) is 16.0. The van der Waals surface area contributed by atoms with Gasteiger partial charge in [-0.2, -0.15) is 0 Å². The fourth-order valence-electron chi connectivity index (χ4n) is 3.09. The Hall–Kier alpha value is -1.05. The minimum atomic E-state index is -0.687. The first-order valence-corrected chi connectivity index (χ1v) is 7.30. The molecule has 2 heteroatoms. The quantitative estimate of drug-likeness (QED) is 0.529. The van der Waals surface area contributed by atoms with Crippen LogP contribution in [-0.4, -0.2) is 11.1 Å². The summed E-state index contributed by atoms with van der Waals surface area (Å²) in [6.07, 6.45) is 7.77. The van der Waals surface area contributed by atoms with Gasteiger partial charge in [-0.25, -0.2) is 0 Å². The van der Waals surface area contributed by atoms with E-state index in [1.807, 2.05) is 0 Å². The van der Waals surface area contributed by atoms with E-state index in [2.05, 4.69) is 46.8 Å². The van der Waals surface area contributed by atoms with E-state index in [0.29, 0.717) is 23.7 Å². The first-order valence-electron chi connectivity index (χ1n) is 7.30. The van der Waals surface area contributed by atoms with Gasteiger partial charge in [0.15, 0.2) is 0 Å². The van der Waals surface area contributed by atoms with E-state index in [9.17, 15) is 4.79 Å². The summed E-state index contributed by atoms with van der Waals surface area (Å²) in [5, 5.41) is 8.59. The van der Waals surface area contributed by atoms with E-state index >= 15 is 0 Å². The van der Waals surface area contributed by atoms with E-state index in [-0.39, 0.29) is 0 Å². The predicted octanol–water partition coefficient (Wildman–Crippen LogP) is 4.82. The number of carboxylic acid groups (broad SMARTS) is 1. The smallest absolute Gasteiger partial charge is 0.303 e. The van der Waals surface area contributed by atoms with Crippen molar-refractivity contribution < 1.29 is 9.90 Å². The van der Waals surface area contributed by atoms with E-state index in [4.69, 9.17) is 5.11 Å². The molecule has 0 aromatic heterocycles. The van der Waals surface area contributed by atoms with Gasteiger partial charge in [0.2, 0.25) is 0 Å². The normalized spacial score (nSPS) is 25.0. The fraction of sp³-hybridized carbons (Fsp3) is 0.706. The molecule has 19 heavy (non-hydrogen) atoms. The molecule has 0 bridgehead atoms. The van der Waals surface area contributed by atoms with Gasteiger partial charge < -0.3 is 5.11 Å². The molecule has 0 amide bonds. The zero-order chi connectivity index (χ0) is 14.6. The van der Waals surface area contributed by atoms with Crippen LogP contribution in [0.1, 0.15) is 60.3 Å². The monoisotopic (exact) mass is 264 g/mol. The Labute approximate surface area is 117 Å². The number of hydrogen-bond donors (Lipinski definition) is 1. The second kappa shape index (κ2) is 6.40. The van der Waals surface area contributed by atoms with Crippen molar-refractivity contribution in [2.45, 2.75) is 60.3 Å². The van der Waals surface area contributed by atoms with Crippen molar-refractivity contribution in [2.75, 3.05) is 0 Å². The van der Waals surface area contributed by atoms with Crippen molar-refractivity contribution in [3.8, 4) is 0 Å². The molecule has 1 fully saturated rings. The summed E-state index contributed by atoms with van der Waals surface area (Å²) in [7, 11) is 0. The largest absolute Gasteiger partial charge is 0.481 e. The summed E-state index contributed by atoms with van der Waals surface area (Å²) < 4.78 is 0. The highest BCUT2D eigenvalue weighted by molar-refractivity contribution is 5.66. The molecule has 1 N–H and O–H groups in total. The van der Waals surface area contributed by atoms with Gasteiger partial charge in [0, 0.05) is 6.42 Å². The van der Waals surface area contributed by atoms with Crippen molar-refractivity contribution in [1.29, 1.82) is 0 Å². The Morgan fingerprint density at radius 1 is 1.21 bits per heavy atom. The molecule has 0 radical (unpaired) electrons. The van der Waals surface area contributed by atoms with Crippen LogP contribution < -0.4 is 0 Å². The van der Waals surface area contributed by atoms with E-state index in [0.717, 1.165) is 19.3 Å². The number of unbranched alkanes of at least 4 members (excludes halogenated alkanes) is 2. The van der Waals surface area contributed by atoms with Gasteiger partial charge in [0.05, 0.1) is 0 Å². The Bertz CT molecular complexity index is 384. The molecule has 0 heterocycles. The zero-order valence-corrected chi connectivity index (χ0v) is 13.0. The highest BCUT2D eigenvalue weighted by atomic mass is 16.4. The molecule has 2 atom stereocenters. The Morgan fingerprint density at radius 3 is 2.37 bits per heavy atom. The molecule has 0 aliphatic heterocycles. The molecule has 0 spiro atoms. The third-order valence-electron chi connectivity index (χ3n) is 4.23. The SMILES string of the molecule is CC(C)=CC1C(C(C)=CCCCCC(=O)O)C1(C)C. The van der Waals surface area contributed by atoms with Gasteiger partial charge in [-0.15, -0.1) is 0 Å². The number of rotatable bonds is 7. The molecular weight excluding hydrogens is 236 g/mol. The summed E-state index contributed by atoms with van der Waals surface area (Å²) in [6.45, 7) is 11.2. The second-order valence-corrected chi connectivity index (χ2v) is 6.66. The Morgan fingerprint density at radius 2 is 1.84 bits per heavy atom. The van der Waals surface area contributed by atoms with Crippen LogP contribution in [-0.2, 0) is 4.79 Å². The lowest BCUT2D eigenvalue weighted by molar-refractivity contribution is -0.137. The van der Waals surface area contributed by atoms with Crippen LogP contribution in [0.15, 0.2) is 23.3 Å². The maximum Gasteiger partial charge on any atom is 0.303 e. The van der Waals surface area contributed by atoms with Crippen LogP contribution in [0, 0.1) is 17.3 Å². The van der Waals surface area contributed by atoms with E-state index in [1.165, 1.54) is 11.1 Å². The third kappa shape index (κ3) is 4.52. The maximum absolute atomic E-state index is 10.4. The minimum absolute atomic E-state index is 0.294. The molecule has 1 aliphatic carbocycles. The average Bonchev–Trinajstić information content (AvgIpc) is 2.78. The minimum Gasteiger partial charge on any atom is -0.481 e. The number of aliphatic carboxylic acids is 1. The summed E-state index contributed by atoms with van der Waals surface area (Å²) >= 11 is 0. The van der Waals surface area contributed by atoms with E-state index in [1.54, 1.807) is 0 Å². The molecule has 1 rings (SSSR count). The molecule has 0 aromatic carbocycles. The van der Waals surface area contributed by atoms with Crippen molar-refractivity contribution in [3.05, 3.63) is 23.3 Å². The molecule has 2 unspecified atom stereocenters. The molecule has 2 nitrogen and oxygen atoms in total. The summed E-state index contributed by atoms with van der Waals surface area (Å²) in [5.41, 5.74) is 3.26. The first-order chi connectivity index (χ1) is 8.76. The maximum atomic E-state index is 10.4. The average molecular weight is 264 g/mol. The van der Waals surface area contributed by atoms with Crippen LogP contribution in [0.5, 0.6) is 0 Å². The van der Waals surface area contributed by atoms with Gasteiger partial charge in [-0.1, -0.05) is 37.1 Å². The van der Waals surface area contributed by atoms with Gasteiger partial charge in [-0.05, 0) is 57.3 Å². The van der Waals surface area contributed by atoms with Crippen LogP contribution in [0.25, 0.3) is 0 Å². The van der Waals surface area contributed by atoms with Crippen molar-refractivity contribution in [1.82, 2.24) is 0 Å². The summed E-state index contributed by atoms with van der Waals surface area (Å²) in [5.74, 6) is 0.655. The van der Waals surface area contributed by atoms with Crippen molar-refractivity contribution >= 4 is 5.97 Å². The van der Waals surface area contributed by atoms with Crippen molar-refractivity contribution in [3.63, 3.8) is 0 Å². The van der Waals surface area contributed by atoms with E-state index < -0.39 is 5.97 Å². The Balaban J connectivity index is 2.43. The summed E-state index contributed by atoms with van der Waals surface area (Å²) in [6, 6.07) is 0. The topological polar surface area (TPSA) is 37.3 Å². The van der Waals surface area contributed by atoms with Gasteiger partial charge in [-0.3, -0.25) is 4.79 Å². The Kier molecular flexibility index (Phi) is 5.39. The fourth-order valence-corrected chi connectivity index (χ4v) is 3.09.